The summed E-state index contributed by atoms with van der Waals surface area (Å²) in [5.41, 5.74) is 7.26. The minimum atomic E-state index is -0.560. The van der Waals surface area contributed by atoms with Gasteiger partial charge in [0.25, 0.3) is 17.5 Å². The summed E-state index contributed by atoms with van der Waals surface area (Å²) in [7, 11) is 0. The number of nitro groups is 1. The van der Waals surface area contributed by atoms with Gasteiger partial charge in [0.1, 0.15) is 5.00 Å². The highest BCUT2D eigenvalue weighted by Gasteiger charge is 2.25. The number of carbonyl (C=O) groups is 2. The molecule has 1 heterocycles. The topological polar surface area (TPSA) is 115 Å². The predicted molar refractivity (Wildman–Crippen MR) is 99.9 cm³/mol. The number of primary amides is 1. The molecule has 0 atom stereocenters. The molecule has 1 aromatic heterocycles. The highest BCUT2D eigenvalue weighted by Crippen LogP contribution is 2.37. The maximum absolute atomic E-state index is 12.7. The summed E-state index contributed by atoms with van der Waals surface area (Å²) in [4.78, 5) is 36.3. The van der Waals surface area contributed by atoms with Gasteiger partial charge in [0.15, 0.2) is 0 Å². The lowest BCUT2D eigenvalue weighted by molar-refractivity contribution is -0.385. The van der Waals surface area contributed by atoms with Crippen molar-refractivity contribution in [3.8, 4) is 0 Å². The average molecular weight is 373 g/mol. The van der Waals surface area contributed by atoms with E-state index in [4.69, 9.17) is 5.73 Å². The van der Waals surface area contributed by atoms with Gasteiger partial charge in [0.2, 0.25) is 0 Å². The smallest absolute Gasteiger partial charge is 0.273 e. The number of rotatable bonds is 4. The van der Waals surface area contributed by atoms with E-state index in [1.54, 1.807) is 0 Å². The van der Waals surface area contributed by atoms with Crippen molar-refractivity contribution >= 4 is 33.8 Å². The number of carbonyl (C=O) groups excluding carboxylic acids is 2. The number of aryl methyl sites for hydroxylation is 1. The highest BCUT2D eigenvalue weighted by molar-refractivity contribution is 7.17. The van der Waals surface area contributed by atoms with Gasteiger partial charge in [-0.15, -0.1) is 11.3 Å². The minimum Gasteiger partial charge on any atom is -0.365 e. The van der Waals surface area contributed by atoms with Crippen LogP contribution in [0.5, 0.6) is 0 Å². The Balaban J connectivity index is 1.97. The van der Waals surface area contributed by atoms with Crippen molar-refractivity contribution in [3.05, 3.63) is 55.4 Å². The number of hydrogen-bond donors (Lipinski definition) is 2. The first-order valence-corrected chi connectivity index (χ1v) is 9.21. The van der Waals surface area contributed by atoms with Crippen molar-refractivity contribution in [1.29, 1.82) is 0 Å². The molecule has 0 unspecified atom stereocenters. The number of thiophene rings is 1. The van der Waals surface area contributed by atoms with Crippen molar-refractivity contribution in [1.82, 2.24) is 0 Å². The van der Waals surface area contributed by atoms with E-state index in [9.17, 15) is 19.7 Å². The summed E-state index contributed by atoms with van der Waals surface area (Å²) in [6, 6.07) is 4.35. The van der Waals surface area contributed by atoms with Crippen LogP contribution in [0.2, 0.25) is 0 Å². The first-order valence-electron chi connectivity index (χ1n) is 8.40. The van der Waals surface area contributed by atoms with Crippen LogP contribution in [0.3, 0.4) is 0 Å². The zero-order chi connectivity index (χ0) is 18.8. The van der Waals surface area contributed by atoms with E-state index in [1.165, 1.54) is 36.5 Å². The molecule has 0 radical (unpaired) electrons. The second-order valence-corrected chi connectivity index (χ2v) is 7.40. The monoisotopic (exact) mass is 373 g/mol. The van der Waals surface area contributed by atoms with Crippen LogP contribution in [0.25, 0.3) is 0 Å². The van der Waals surface area contributed by atoms with Crippen molar-refractivity contribution in [2.45, 2.75) is 39.0 Å². The third-order valence-electron chi connectivity index (χ3n) is 4.64. The largest absolute Gasteiger partial charge is 0.365 e. The van der Waals surface area contributed by atoms with Crippen LogP contribution in [0.15, 0.2) is 18.2 Å². The molecule has 2 amide bonds. The third kappa shape index (κ3) is 3.32. The number of fused-ring (bicyclic) bond motifs is 1. The van der Waals surface area contributed by atoms with Crippen LogP contribution in [-0.2, 0) is 12.8 Å². The lowest BCUT2D eigenvalue weighted by Crippen LogP contribution is -2.18. The summed E-state index contributed by atoms with van der Waals surface area (Å²) in [5.74, 6) is -1.04. The fraction of sp³-hybridized carbons (Fsp3) is 0.333. The van der Waals surface area contributed by atoms with E-state index in [0.717, 1.165) is 42.5 Å². The molecule has 1 aromatic carbocycles. The lowest BCUT2D eigenvalue weighted by atomic mass is 10.0. The third-order valence-corrected chi connectivity index (χ3v) is 5.85. The lowest BCUT2D eigenvalue weighted by Gasteiger charge is -2.08. The summed E-state index contributed by atoms with van der Waals surface area (Å²) >= 11 is 1.38. The molecule has 0 saturated carbocycles. The van der Waals surface area contributed by atoms with Crippen LogP contribution in [-0.4, -0.2) is 16.7 Å². The Bertz CT molecular complexity index is 904. The molecule has 136 valence electrons. The van der Waals surface area contributed by atoms with Gasteiger partial charge in [0, 0.05) is 22.1 Å². The van der Waals surface area contributed by atoms with Crippen molar-refractivity contribution in [2.24, 2.45) is 5.73 Å². The molecule has 0 spiro atoms. The molecule has 0 bridgehead atoms. The summed E-state index contributed by atoms with van der Waals surface area (Å²) < 4.78 is 0. The molecule has 2 aromatic rings. The zero-order valence-corrected chi connectivity index (χ0v) is 15.1. The second-order valence-electron chi connectivity index (χ2n) is 6.29. The maximum atomic E-state index is 12.7. The van der Waals surface area contributed by atoms with E-state index in [2.05, 4.69) is 5.32 Å². The fourth-order valence-electron chi connectivity index (χ4n) is 3.33. The van der Waals surface area contributed by atoms with Gasteiger partial charge in [-0.05, 0) is 44.2 Å². The number of amides is 2. The molecule has 26 heavy (non-hydrogen) atoms. The molecule has 0 fully saturated rings. The molecular weight excluding hydrogens is 354 g/mol. The number of nitrogens with one attached hydrogen (secondary N) is 1. The van der Waals surface area contributed by atoms with E-state index >= 15 is 0 Å². The van der Waals surface area contributed by atoms with E-state index in [1.807, 2.05) is 0 Å². The molecule has 1 aliphatic carbocycles. The Morgan fingerprint density at radius 2 is 1.96 bits per heavy atom. The van der Waals surface area contributed by atoms with Crippen molar-refractivity contribution in [3.63, 3.8) is 0 Å². The molecular formula is C18H19N3O4S. The number of nitro benzene ring substituents is 1. The Kier molecular flexibility index (Phi) is 5.03. The molecule has 0 saturated heterocycles. The van der Waals surface area contributed by atoms with Gasteiger partial charge >= 0.3 is 0 Å². The Hall–Kier alpha value is -2.74. The molecule has 3 rings (SSSR count). The van der Waals surface area contributed by atoms with Crippen LogP contribution >= 0.6 is 11.3 Å². The fourth-order valence-corrected chi connectivity index (χ4v) is 4.62. The molecule has 8 heteroatoms. The number of nitrogens with two attached hydrogens (primary N) is 1. The van der Waals surface area contributed by atoms with E-state index < -0.39 is 16.7 Å². The Morgan fingerprint density at radius 3 is 2.65 bits per heavy atom. The number of nitrogens with zero attached hydrogens (tertiary/aromatic N) is 1. The number of hydrogen-bond acceptors (Lipinski definition) is 5. The summed E-state index contributed by atoms with van der Waals surface area (Å²) in [5, 5.41) is 14.3. The predicted octanol–water partition coefficient (Wildman–Crippen LogP) is 3.58. The van der Waals surface area contributed by atoms with Crippen molar-refractivity contribution in [2.75, 3.05) is 5.32 Å². The van der Waals surface area contributed by atoms with Gasteiger partial charge in [-0.3, -0.25) is 19.7 Å². The standard InChI is InChI=1S/C18H19N3O4S/c1-10-11(7-5-8-13(10)21(24)25)17(23)20-18-15(16(19)22)12-6-3-2-4-9-14(12)26-18/h5,7-8H,2-4,6,9H2,1H3,(H2,19,22)(H,20,23). The maximum Gasteiger partial charge on any atom is 0.273 e. The van der Waals surface area contributed by atoms with Crippen LogP contribution in [0, 0.1) is 17.0 Å². The Labute approximate surface area is 154 Å². The first-order chi connectivity index (χ1) is 12.4. The van der Waals surface area contributed by atoms with Gasteiger partial charge in [-0.25, -0.2) is 0 Å². The minimum absolute atomic E-state index is 0.116. The number of benzene rings is 1. The zero-order valence-electron chi connectivity index (χ0n) is 14.3. The summed E-state index contributed by atoms with van der Waals surface area (Å²) in [6.07, 6.45) is 4.78. The SMILES string of the molecule is Cc1c(C(=O)Nc2sc3c(c2C(N)=O)CCCCC3)cccc1[N+](=O)[O-]. The quantitative estimate of drug-likeness (QED) is 0.484. The van der Waals surface area contributed by atoms with E-state index in [-0.39, 0.29) is 16.8 Å². The molecule has 0 aliphatic heterocycles. The van der Waals surface area contributed by atoms with Gasteiger partial charge in [-0.1, -0.05) is 12.5 Å². The van der Waals surface area contributed by atoms with Crippen LogP contribution in [0.4, 0.5) is 10.7 Å². The average Bonchev–Trinajstić information content (AvgIpc) is 2.76. The van der Waals surface area contributed by atoms with Crippen molar-refractivity contribution < 1.29 is 14.5 Å². The van der Waals surface area contributed by atoms with Crippen LogP contribution in [0.1, 0.15) is 56.0 Å². The van der Waals surface area contributed by atoms with Crippen LogP contribution < -0.4 is 11.1 Å². The van der Waals surface area contributed by atoms with Gasteiger partial charge in [-0.2, -0.15) is 0 Å². The highest BCUT2D eigenvalue weighted by atomic mass is 32.1. The van der Waals surface area contributed by atoms with Gasteiger partial charge in [0.05, 0.1) is 10.5 Å². The molecule has 1 aliphatic rings. The molecule has 3 N–H and O–H groups in total. The summed E-state index contributed by atoms with van der Waals surface area (Å²) in [6.45, 7) is 1.53. The first kappa shape index (κ1) is 18.1. The van der Waals surface area contributed by atoms with E-state index in [0.29, 0.717) is 10.6 Å². The Morgan fingerprint density at radius 1 is 1.23 bits per heavy atom. The van der Waals surface area contributed by atoms with Gasteiger partial charge < -0.3 is 11.1 Å². The number of anilines is 1. The molecule has 7 nitrogen and oxygen atoms in total. The second kappa shape index (κ2) is 7.25. The normalized spacial score (nSPS) is 13.6.